The molecule has 0 aliphatic rings. The quantitative estimate of drug-likeness (QED) is 0.510. The van der Waals surface area contributed by atoms with E-state index >= 15 is 0 Å². The van der Waals surface area contributed by atoms with Crippen LogP contribution in [0, 0.1) is 24.7 Å². The lowest BCUT2D eigenvalue weighted by Crippen LogP contribution is -1.97. The van der Waals surface area contributed by atoms with Gasteiger partial charge < -0.3 is 0 Å². The summed E-state index contributed by atoms with van der Waals surface area (Å²) < 4.78 is 0. The van der Waals surface area contributed by atoms with Gasteiger partial charge in [0.15, 0.2) is 0 Å². The van der Waals surface area contributed by atoms with Crippen LogP contribution in [0.2, 0.25) is 0 Å². The van der Waals surface area contributed by atoms with Crippen molar-refractivity contribution in [3.63, 3.8) is 0 Å². The maximum absolute atomic E-state index is 6.77. The highest BCUT2D eigenvalue weighted by Gasteiger charge is 2.02. The highest BCUT2D eigenvalue weighted by molar-refractivity contribution is 4.99. The number of unbranched alkanes of at least 4 members (excludes halogenated alkanes) is 1. The van der Waals surface area contributed by atoms with Crippen molar-refractivity contribution in [1.29, 1.82) is 0 Å². The van der Waals surface area contributed by atoms with Crippen LogP contribution >= 0.6 is 0 Å². The molecule has 0 spiro atoms. The smallest absolute Gasteiger partial charge is 0.0381 e. The third-order valence-electron chi connectivity index (χ3n) is 1.77. The first-order valence-electron chi connectivity index (χ1n) is 4.10. The lowest BCUT2D eigenvalue weighted by molar-refractivity contribution is 0.521. The largest absolute Gasteiger partial charge is 0.0841 e. The Balaban J connectivity index is 3.32. The summed E-state index contributed by atoms with van der Waals surface area (Å²) in [5, 5.41) is 0. The molecule has 0 rings (SSSR count). The molecule has 0 aromatic carbocycles. The zero-order valence-electron chi connectivity index (χ0n) is 6.98. The van der Waals surface area contributed by atoms with Crippen molar-refractivity contribution in [1.82, 2.24) is 0 Å². The van der Waals surface area contributed by atoms with E-state index in [1.807, 2.05) is 6.42 Å². The van der Waals surface area contributed by atoms with E-state index in [1.165, 1.54) is 19.3 Å². The molecule has 10 heavy (non-hydrogen) atoms. The number of hydrogen-bond acceptors (Lipinski definition) is 0. The molecular formula is C10H16. The Morgan fingerprint density at radius 3 is 2.60 bits per heavy atom. The van der Waals surface area contributed by atoms with Crippen LogP contribution in [0.5, 0.6) is 0 Å². The van der Waals surface area contributed by atoms with Crippen molar-refractivity contribution >= 4 is 0 Å². The Morgan fingerprint density at radius 2 is 2.20 bits per heavy atom. The molecule has 0 aliphatic heterocycles. The van der Waals surface area contributed by atoms with E-state index in [0.29, 0.717) is 5.92 Å². The average molecular weight is 136 g/mol. The van der Waals surface area contributed by atoms with Crippen LogP contribution in [0.3, 0.4) is 0 Å². The summed E-state index contributed by atoms with van der Waals surface area (Å²) in [7, 11) is 0. The van der Waals surface area contributed by atoms with E-state index in [-0.39, 0.29) is 0 Å². The zero-order chi connectivity index (χ0) is 7.82. The molecule has 0 bridgehead atoms. The van der Waals surface area contributed by atoms with Gasteiger partial charge in [0.2, 0.25) is 0 Å². The second kappa shape index (κ2) is 6.68. The first kappa shape index (κ1) is 9.56. The van der Waals surface area contributed by atoms with Gasteiger partial charge >= 0.3 is 0 Å². The summed E-state index contributed by atoms with van der Waals surface area (Å²) in [6, 6.07) is 0. The minimum atomic E-state index is 0.595. The summed E-state index contributed by atoms with van der Waals surface area (Å²) in [6.07, 6.45) is 13.5. The van der Waals surface area contributed by atoms with E-state index < -0.39 is 0 Å². The van der Waals surface area contributed by atoms with Gasteiger partial charge in [-0.3, -0.25) is 0 Å². The van der Waals surface area contributed by atoms with Gasteiger partial charge in [-0.2, -0.15) is 0 Å². The summed E-state index contributed by atoms with van der Waals surface area (Å²) in [5.74, 6) is 2.95. The SMILES string of the molecule is [C]#C[CH]C(CC)CCCC. The molecule has 1 atom stereocenters. The van der Waals surface area contributed by atoms with Crippen LogP contribution in [0.1, 0.15) is 39.5 Å². The van der Waals surface area contributed by atoms with Crippen LogP contribution in [0.15, 0.2) is 0 Å². The van der Waals surface area contributed by atoms with Gasteiger partial charge in [-0.05, 0) is 18.8 Å². The second-order valence-electron chi connectivity index (χ2n) is 2.62. The minimum Gasteiger partial charge on any atom is -0.0841 e. The van der Waals surface area contributed by atoms with Crippen molar-refractivity contribution in [2.75, 3.05) is 0 Å². The van der Waals surface area contributed by atoms with Crippen LogP contribution in [-0.2, 0) is 0 Å². The third-order valence-corrected chi connectivity index (χ3v) is 1.77. The molecule has 0 saturated carbocycles. The van der Waals surface area contributed by atoms with Crippen molar-refractivity contribution < 1.29 is 0 Å². The molecule has 0 N–H and O–H groups in total. The van der Waals surface area contributed by atoms with Crippen molar-refractivity contribution in [2.45, 2.75) is 39.5 Å². The number of rotatable bonds is 5. The van der Waals surface area contributed by atoms with Crippen molar-refractivity contribution in [3.05, 3.63) is 12.8 Å². The first-order valence-corrected chi connectivity index (χ1v) is 4.10. The predicted octanol–water partition coefficient (Wildman–Crippen LogP) is 3.00. The normalized spacial score (nSPS) is 12.5. The maximum atomic E-state index is 6.77. The van der Waals surface area contributed by atoms with Gasteiger partial charge in [-0.1, -0.05) is 39.0 Å². The van der Waals surface area contributed by atoms with Crippen molar-refractivity contribution in [3.8, 4) is 5.92 Å². The Morgan fingerprint density at radius 1 is 1.50 bits per heavy atom. The molecule has 0 aromatic heterocycles. The Bertz CT molecular complexity index is 97.1. The molecule has 0 saturated heterocycles. The Hall–Kier alpha value is -0.440. The highest BCUT2D eigenvalue weighted by Crippen LogP contribution is 2.14. The predicted molar refractivity (Wildman–Crippen MR) is 44.7 cm³/mol. The Kier molecular flexibility index (Phi) is 6.38. The van der Waals surface area contributed by atoms with Gasteiger partial charge in [0.25, 0.3) is 0 Å². The fraction of sp³-hybridized carbons (Fsp3) is 0.700. The van der Waals surface area contributed by atoms with Crippen molar-refractivity contribution in [2.24, 2.45) is 5.92 Å². The maximum Gasteiger partial charge on any atom is 0.0381 e. The van der Waals surface area contributed by atoms with E-state index in [1.54, 1.807) is 0 Å². The fourth-order valence-electron chi connectivity index (χ4n) is 0.989. The van der Waals surface area contributed by atoms with Crippen LogP contribution in [0.25, 0.3) is 0 Å². The monoisotopic (exact) mass is 136 g/mol. The number of hydrogen-bond donors (Lipinski definition) is 0. The van der Waals surface area contributed by atoms with Gasteiger partial charge in [0.05, 0.1) is 0 Å². The Labute approximate surface area is 65.0 Å². The molecule has 0 amide bonds. The van der Waals surface area contributed by atoms with E-state index in [4.69, 9.17) is 6.42 Å². The average Bonchev–Trinajstić information content (AvgIpc) is 1.98. The first-order chi connectivity index (χ1) is 4.85. The van der Waals surface area contributed by atoms with E-state index in [9.17, 15) is 0 Å². The zero-order valence-corrected chi connectivity index (χ0v) is 6.98. The summed E-state index contributed by atoms with van der Waals surface area (Å²) >= 11 is 0. The van der Waals surface area contributed by atoms with Crippen LogP contribution in [-0.4, -0.2) is 0 Å². The minimum absolute atomic E-state index is 0.595. The molecule has 1 unspecified atom stereocenters. The van der Waals surface area contributed by atoms with Gasteiger partial charge in [0.1, 0.15) is 0 Å². The second-order valence-corrected chi connectivity index (χ2v) is 2.62. The molecular weight excluding hydrogens is 120 g/mol. The molecule has 56 valence electrons. The molecule has 0 heterocycles. The van der Waals surface area contributed by atoms with E-state index in [2.05, 4.69) is 19.8 Å². The lowest BCUT2D eigenvalue weighted by Gasteiger charge is -2.08. The van der Waals surface area contributed by atoms with Gasteiger partial charge in [-0.15, -0.1) is 0 Å². The summed E-state index contributed by atoms with van der Waals surface area (Å²) in [6.45, 7) is 4.36. The molecule has 0 fully saturated rings. The fourth-order valence-corrected chi connectivity index (χ4v) is 0.989. The van der Waals surface area contributed by atoms with Gasteiger partial charge in [0, 0.05) is 6.42 Å². The standard InChI is InChI=1S/C10H16/c1-4-7-9-10(6-3)8-5-2/h8,10H,4,6-7,9H2,1,3H3. The highest BCUT2D eigenvalue weighted by atomic mass is 14.1. The summed E-state index contributed by atoms with van der Waals surface area (Å²) in [5.41, 5.74) is 0. The topological polar surface area (TPSA) is 0 Å². The van der Waals surface area contributed by atoms with E-state index in [0.717, 1.165) is 6.42 Å². The van der Waals surface area contributed by atoms with Gasteiger partial charge in [-0.25, -0.2) is 0 Å². The molecule has 0 aliphatic carbocycles. The third kappa shape index (κ3) is 4.44. The molecule has 0 aromatic rings. The molecule has 0 nitrogen and oxygen atoms in total. The summed E-state index contributed by atoms with van der Waals surface area (Å²) in [4.78, 5) is 0. The van der Waals surface area contributed by atoms with Crippen LogP contribution < -0.4 is 0 Å². The molecule has 2 radical (unpaired) electrons. The van der Waals surface area contributed by atoms with Crippen LogP contribution in [0.4, 0.5) is 0 Å². The lowest BCUT2D eigenvalue weighted by atomic mass is 9.96. The molecule has 0 heteroatoms.